The number of nitrogens with one attached hydrogen (secondary N) is 2. The quantitative estimate of drug-likeness (QED) is 0.682. The number of anilines is 2. The predicted octanol–water partition coefficient (Wildman–Crippen LogP) is 0.447. The van der Waals surface area contributed by atoms with Gasteiger partial charge in [-0.1, -0.05) is 6.92 Å². The lowest BCUT2D eigenvalue weighted by Gasteiger charge is -2.24. The number of rotatable bonds is 5. The van der Waals surface area contributed by atoms with Gasteiger partial charge in [-0.05, 0) is 18.2 Å². The van der Waals surface area contributed by atoms with E-state index in [2.05, 4.69) is 10.6 Å². The van der Waals surface area contributed by atoms with E-state index in [1.54, 1.807) is 32.3 Å². The second-order valence-electron chi connectivity index (χ2n) is 4.75. The van der Waals surface area contributed by atoms with Crippen LogP contribution >= 0.6 is 0 Å². The van der Waals surface area contributed by atoms with Crippen molar-refractivity contribution in [3.63, 3.8) is 0 Å². The number of amides is 2. The molecule has 0 fully saturated rings. The highest BCUT2D eigenvalue weighted by Gasteiger charge is 2.16. The molecule has 1 unspecified atom stereocenters. The Labute approximate surface area is 119 Å². The Kier molecular flexibility index (Phi) is 5.37. The summed E-state index contributed by atoms with van der Waals surface area (Å²) in [4.78, 5) is 24.9. The van der Waals surface area contributed by atoms with E-state index in [4.69, 9.17) is 5.73 Å². The number of hydrogen-bond donors (Lipinski definition) is 3. The van der Waals surface area contributed by atoms with E-state index in [1.807, 2.05) is 18.9 Å². The molecule has 0 aliphatic heterocycles. The van der Waals surface area contributed by atoms with E-state index in [9.17, 15) is 9.59 Å². The number of carbonyl (C=O) groups excluding carboxylic acids is 2. The second kappa shape index (κ2) is 6.79. The van der Waals surface area contributed by atoms with Crippen molar-refractivity contribution in [2.75, 3.05) is 38.3 Å². The Bertz CT molecular complexity index is 502. The Balaban J connectivity index is 2.86. The van der Waals surface area contributed by atoms with Gasteiger partial charge in [-0.3, -0.25) is 9.59 Å². The number of nitrogens with two attached hydrogens (primary N) is 1. The molecule has 110 valence electrons. The molecular formula is C14H22N4O2. The molecule has 0 bridgehead atoms. The van der Waals surface area contributed by atoms with E-state index in [-0.39, 0.29) is 17.7 Å². The monoisotopic (exact) mass is 278 g/mol. The van der Waals surface area contributed by atoms with Crippen molar-refractivity contribution in [1.29, 1.82) is 0 Å². The van der Waals surface area contributed by atoms with Crippen LogP contribution in [0, 0.1) is 5.92 Å². The van der Waals surface area contributed by atoms with Gasteiger partial charge in [0.1, 0.15) is 0 Å². The van der Waals surface area contributed by atoms with Crippen LogP contribution in [-0.4, -0.2) is 39.5 Å². The lowest BCUT2D eigenvalue weighted by Crippen LogP contribution is -2.34. The molecule has 0 heterocycles. The van der Waals surface area contributed by atoms with Crippen LogP contribution in [0.25, 0.3) is 0 Å². The minimum absolute atomic E-state index is 0.0163. The van der Waals surface area contributed by atoms with Crippen molar-refractivity contribution in [2.24, 2.45) is 5.92 Å². The molecule has 2 amide bonds. The van der Waals surface area contributed by atoms with E-state index >= 15 is 0 Å². The zero-order chi connectivity index (χ0) is 15.3. The molecule has 4 N–H and O–H groups in total. The van der Waals surface area contributed by atoms with Crippen LogP contribution in [0.5, 0.6) is 0 Å². The Morgan fingerprint density at radius 1 is 1.30 bits per heavy atom. The maximum absolute atomic E-state index is 11.5. The number of hydrogen-bond acceptors (Lipinski definition) is 4. The Hall–Kier alpha value is -2.24. The maximum atomic E-state index is 11.5. The highest BCUT2D eigenvalue weighted by atomic mass is 16.2. The molecule has 1 aromatic rings. The zero-order valence-electron chi connectivity index (χ0n) is 12.4. The number of nitrogen functional groups attached to an aromatic ring is 1. The summed E-state index contributed by atoms with van der Waals surface area (Å²) in [5, 5.41) is 5.17. The molecule has 0 saturated heterocycles. The standard InChI is InChI=1S/C14H22N4O2/c1-9(13(19)16-2)8-18(4)12-6-5-10(7-11(12)15)14(20)17-3/h5-7,9H,8,15H2,1-4H3,(H,16,19)(H,17,20). The van der Waals surface area contributed by atoms with Gasteiger partial charge in [0.2, 0.25) is 5.91 Å². The summed E-state index contributed by atoms with van der Waals surface area (Å²) in [5.41, 5.74) is 7.80. The van der Waals surface area contributed by atoms with Crippen molar-refractivity contribution in [2.45, 2.75) is 6.92 Å². The van der Waals surface area contributed by atoms with Crippen LogP contribution in [-0.2, 0) is 4.79 Å². The molecule has 0 aliphatic rings. The van der Waals surface area contributed by atoms with Gasteiger partial charge in [0.25, 0.3) is 5.91 Å². The minimum Gasteiger partial charge on any atom is -0.397 e. The second-order valence-corrected chi connectivity index (χ2v) is 4.75. The maximum Gasteiger partial charge on any atom is 0.251 e. The van der Waals surface area contributed by atoms with Crippen LogP contribution < -0.4 is 21.3 Å². The van der Waals surface area contributed by atoms with Gasteiger partial charge in [-0.15, -0.1) is 0 Å². The summed E-state index contributed by atoms with van der Waals surface area (Å²) in [7, 11) is 5.06. The fraction of sp³-hybridized carbons (Fsp3) is 0.429. The third-order valence-corrected chi connectivity index (χ3v) is 3.17. The molecule has 1 atom stereocenters. The predicted molar refractivity (Wildman–Crippen MR) is 80.7 cm³/mol. The number of nitrogens with zero attached hydrogens (tertiary/aromatic N) is 1. The average molecular weight is 278 g/mol. The normalized spacial score (nSPS) is 11.6. The Morgan fingerprint density at radius 3 is 2.45 bits per heavy atom. The third kappa shape index (κ3) is 3.63. The highest BCUT2D eigenvalue weighted by molar-refractivity contribution is 5.96. The van der Waals surface area contributed by atoms with Gasteiger partial charge in [0, 0.05) is 33.3 Å². The number of benzene rings is 1. The Morgan fingerprint density at radius 2 is 1.95 bits per heavy atom. The van der Waals surface area contributed by atoms with Crippen LogP contribution in [0.2, 0.25) is 0 Å². The molecule has 0 radical (unpaired) electrons. The molecule has 0 aliphatic carbocycles. The first-order chi connectivity index (χ1) is 9.40. The fourth-order valence-corrected chi connectivity index (χ4v) is 2.03. The van der Waals surface area contributed by atoms with E-state index in [1.165, 1.54) is 0 Å². The first-order valence-corrected chi connectivity index (χ1v) is 6.45. The highest BCUT2D eigenvalue weighted by Crippen LogP contribution is 2.24. The van der Waals surface area contributed by atoms with Crippen molar-refractivity contribution in [3.8, 4) is 0 Å². The zero-order valence-corrected chi connectivity index (χ0v) is 12.4. The summed E-state index contributed by atoms with van der Waals surface area (Å²) < 4.78 is 0. The van der Waals surface area contributed by atoms with Crippen LogP contribution in [0.4, 0.5) is 11.4 Å². The first-order valence-electron chi connectivity index (χ1n) is 6.45. The molecule has 1 rings (SSSR count). The van der Waals surface area contributed by atoms with Gasteiger partial charge in [-0.25, -0.2) is 0 Å². The van der Waals surface area contributed by atoms with E-state index in [0.717, 1.165) is 5.69 Å². The topological polar surface area (TPSA) is 87.5 Å². The van der Waals surface area contributed by atoms with E-state index < -0.39 is 0 Å². The lowest BCUT2D eigenvalue weighted by atomic mass is 10.1. The SMILES string of the molecule is CNC(=O)c1ccc(N(C)CC(C)C(=O)NC)c(N)c1. The summed E-state index contributed by atoms with van der Waals surface area (Å²) in [6, 6.07) is 5.14. The molecule has 1 aromatic carbocycles. The lowest BCUT2D eigenvalue weighted by molar-refractivity contribution is -0.123. The largest absolute Gasteiger partial charge is 0.397 e. The van der Waals surface area contributed by atoms with Crippen molar-refractivity contribution < 1.29 is 9.59 Å². The molecule has 0 saturated carbocycles. The molecule has 0 aromatic heterocycles. The van der Waals surface area contributed by atoms with Gasteiger partial charge in [0.15, 0.2) is 0 Å². The molecule has 6 nitrogen and oxygen atoms in total. The van der Waals surface area contributed by atoms with Crippen LogP contribution in [0.1, 0.15) is 17.3 Å². The average Bonchev–Trinajstić information content (AvgIpc) is 2.44. The van der Waals surface area contributed by atoms with Crippen molar-refractivity contribution >= 4 is 23.2 Å². The molecule has 20 heavy (non-hydrogen) atoms. The van der Waals surface area contributed by atoms with Crippen molar-refractivity contribution in [3.05, 3.63) is 23.8 Å². The van der Waals surface area contributed by atoms with Gasteiger partial charge in [-0.2, -0.15) is 0 Å². The van der Waals surface area contributed by atoms with Gasteiger partial charge < -0.3 is 21.3 Å². The fourth-order valence-electron chi connectivity index (χ4n) is 2.03. The van der Waals surface area contributed by atoms with Crippen LogP contribution in [0.3, 0.4) is 0 Å². The molecule has 0 spiro atoms. The first kappa shape index (κ1) is 15.8. The van der Waals surface area contributed by atoms with Crippen molar-refractivity contribution in [1.82, 2.24) is 10.6 Å². The summed E-state index contributed by atoms with van der Waals surface area (Å²) >= 11 is 0. The molecular weight excluding hydrogens is 256 g/mol. The summed E-state index contributed by atoms with van der Waals surface area (Å²) in [6.07, 6.45) is 0. The van der Waals surface area contributed by atoms with Gasteiger partial charge in [0.05, 0.1) is 17.3 Å². The number of carbonyl (C=O) groups is 2. The van der Waals surface area contributed by atoms with E-state index in [0.29, 0.717) is 17.8 Å². The smallest absolute Gasteiger partial charge is 0.251 e. The third-order valence-electron chi connectivity index (χ3n) is 3.17. The van der Waals surface area contributed by atoms with Gasteiger partial charge >= 0.3 is 0 Å². The summed E-state index contributed by atoms with van der Waals surface area (Å²) in [6.45, 7) is 2.40. The molecule has 6 heteroatoms. The minimum atomic E-state index is -0.176. The summed E-state index contributed by atoms with van der Waals surface area (Å²) in [5.74, 6) is -0.343. The van der Waals surface area contributed by atoms with Crippen LogP contribution in [0.15, 0.2) is 18.2 Å².